The van der Waals surface area contributed by atoms with E-state index in [1.54, 1.807) is 0 Å². The Hall–Kier alpha value is -2.81. The maximum absolute atomic E-state index is 12.9. The number of hydrogen-bond donors (Lipinski definition) is 1. The van der Waals surface area contributed by atoms with Crippen molar-refractivity contribution in [2.75, 3.05) is 47.5 Å². The number of rotatable bonds is 83. The first-order valence-electron chi connectivity index (χ1n) is 44.3. The molecule has 9 nitrogen and oxygen atoms in total. The summed E-state index contributed by atoms with van der Waals surface area (Å²) in [6.07, 6.45) is 115. The fourth-order valence-corrected chi connectivity index (χ4v) is 13.9. The van der Waals surface area contributed by atoms with E-state index < -0.39 is 26.5 Å². The number of nitrogens with zero attached hydrogens (tertiary/aromatic N) is 1. The minimum absolute atomic E-state index is 0.0337. The van der Waals surface area contributed by atoms with Gasteiger partial charge >= 0.3 is 19.8 Å². The van der Waals surface area contributed by atoms with Gasteiger partial charge in [0.2, 0.25) is 0 Å². The molecule has 1 N–H and O–H groups in total. The quantitative estimate of drug-likeness (QED) is 0.0211. The maximum atomic E-state index is 12.9. The molecule has 0 aliphatic carbocycles. The summed E-state index contributed by atoms with van der Waals surface area (Å²) in [5.74, 6) is -0.773. The van der Waals surface area contributed by atoms with Crippen LogP contribution in [0.2, 0.25) is 0 Å². The molecule has 2 unspecified atom stereocenters. The van der Waals surface area contributed by atoms with Crippen LogP contribution < -0.4 is 0 Å². The fraction of sp³-hybridized carbons (Fsp3) is 0.826. The summed E-state index contributed by atoms with van der Waals surface area (Å²) < 4.78 is 34.9. The van der Waals surface area contributed by atoms with Crippen LogP contribution in [0.15, 0.2) is 85.1 Å². The zero-order chi connectivity index (χ0) is 74.0. The molecule has 102 heavy (non-hydrogen) atoms. The van der Waals surface area contributed by atoms with Crippen LogP contribution in [0.3, 0.4) is 0 Å². The molecular weight excluding hydrogens is 1280 g/mol. The summed E-state index contributed by atoms with van der Waals surface area (Å²) in [7, 11) is 1.50. The summed E-state index contributed by atoms with van der Waals surface area (Å²) >= 11 is 0. The Morgan fingerprint density at radius 1 is 0.314 bits per heavy atom. The van der Waals surface area contributed by atoms with Crippen molar-refractivity contribution >= 4 is 19.8 Å². The Bertz CT molecular complexity index is 2000. The minimum Gasteiger partial charge on any atom is -0.462 e. The van der Waals surface area contributed by atoms with Crippen LogP contribution in [-0.2, 0) is 32.7 Å². The molecule has 0 spiro atoms. The van der Waals surface area contributed by atoms with E-state index in [1.807, 2.05) is 21.1 Å². The number of phosphoric acid groups is 1. The number of unbranched alkanes of at least 4 members (excludes halogenated alkanes) is 55. The first kappa shape index (κ1) is 99.2. The largest absolute Gasteiger partial charge is 0.472 e. The van der Waals surface area contributed by atoms with E-state index in [9.17, 15) is 19.0 Å². The van der Waals surface area contributed by atoms with Crippen molar-refractivity contribution in [2.24, 2.45) is 0 Å². The van der Waals surface area contributed by atoms with Gasteiger partial charge in [-0.25, -0.2) is 4.57 Å². The highest BCUT2D eigenvalue weighted by molar-refractivity contribution is 7.47. The van der Waals surface area contributed by atoms with E-state index in [2.05, 4.69) is 98.9 Å². The second-order valence-electron chi connectivity index (χ2n) is 31.3. The molecule has 0 rings (SSSR count). The number of hydrogen-bond acceptors (Lipinski definition) is 7. The maximum Gasteiger partial charge on any atom is 0.472 e. The molecule has 0 aliphatic rings. The predicted octanol–water partition coefficient (Wildman–Crippen LogP) is 30.0. The van der Waals surface area contributed by atoms with Crippen molar-refractivity contribution in [1.82, 2.24) is 0 Å². The van der Waals surface area contributed by atoms with Crippen LogP contribution in [0.25, 0.3) is 0 Å². The first-order valence-corrected chi connectivity index (χ1v) is 45.8. The number of allylic oxidation sites excluding steroid dienone is 14. The third kappa shape index (κ3) is 86.1. The lowest BCUT2D eigenvalue weighted by Crippen LogP contribution is -2.37. The molecule has 0 saturated heterocycles. The van der Waals surface area contributed by atoms with Crippen molar-refractivity contribution < 1.29 is 42.1 Å². The summed E-state index contributed by atoms with van der Waals surface area (Å²) in [6, 6.07) is 0. The highest BCUT2D eigenvalue weighted by Crippen LogP contribution is 2.43. The van der Waals surface area contributed by atoms with Crippen molar-refractivity contribution in [1.29, 1.82) is 0 Å². The molecule has 596 valence electrons. The first-order chi connectivity index (χ1) is 50.0. The SMILES string of the molecule is CC/C=C\C/C=C\C/C=C\C/C=C\C/C=C\CCCCCCCCCCCCCCCCCCCCCCCCCC(=O)OC(COC(=O)CCCCCCCCCCCCCCCCCCCCCCCCCCCCC/C=C\C/C=C\CCCCCCC)COP(=O)(O)OCC[N+](C)(C)C. The zero-order valence-corrected chi connectivity index (χ0v) is 69.3. The average Bonchev–Trinajstić information content (AvgIpc) is 0.914. The number of likely N-dealkylation sites (N-methyl/N-ethyl adjacent to an activating group) is 1. The molecule has 0 saturated carbocycles. The topological polar surface area (TPSA) is 108 Å². The highest BCUT2D eigenvalue weighted by Gasteiger charge is 2.27. The van der Waals surface area contributed by atoms with Gasteiger partial charge in [-0.05, 0) is 89.9 Å². The molecule has 0 aliphatic heterocycles. The van der Waals surface area contributed by atoms with Gasteiger partial charge in [0.25, 0.3) is 0 Å². The summed E-state index contributed by atoms with van der Waals surface area (Å²) in [6.45, 7) is 4.38. The van der Waals surface area contributed by atoms with Gasteiger partial charge in [-0.2, -0.15) is 0 Å². The lowest BCUT2D eigenvalue weighted by Gasteiger charge is -2.24. The summed E-state index contributed by atoms with van der Waals surface area (Å²) in [4.78, 5) is 36.1. The molecule has 2 atom stereocenters. The van der Waals surface area contributed by atoms with Gasteiger partial charge in [-0.15, -0.1) is 0 Å². The lowest BCUT2D eigenvalue weighted by molar-refractivity contribution is -0.870. The molecule has 0 aromatic rings. The van der Waals surface area contributed by atoms with Crippen molar-refractivity contribution in [3.8, 4) is 0 Å². The Labute approximate surface area is 634 Å². The van der Waals surface area contributed by atoms with Crippen LogP contribution in [0.4, 0.5) is 0 Å². The third-order valence-corrected chi connectivity index (χ3v) is 20.9. The van der Waals surface area contributed by atoms with Crippen LogP contribution >= 0.6 is 7.82 Å². The van der Waals surface area contributed by atoms with E-state index in [4.69, 9.17) is 18.5 Å². The Morgan fingerprint density at radius 2 is 0.559 bits per heavy atom. The highest BCUT2D eigenvalue weighted by atomic mass is 31.2. The van der Waals surface area contributed by atoms with E-state index in [0.717, 1.165) is 70.6 Å². The van der Waals surface area contributed by atoms with Gasteiger partial charge in [-0.1, -0.05) is 420 Å². The molecule has 0 amide bonds. The summed E-state index contributed by atoms with van der Waals surface area (Å²) in [5.41, 5.74) is 0. The molecule has 0 aromatic heterocycles. The van der Waals surface area contributed by atoms with Crippen LogP contribution in [0.1, 0.15) is 438 Å². The zero-order valence-electron chi connectivity index (χ0n) is 68.4. The molecule has 10 heteroatoms. The molecular formula is C92H171NO8P+. The van der Waals surface area contributed by atoms with E-state index in [1.165, 1.54) is 334 Å². The van der Waals surface area contributed by atoms with Gasteiger partial charge in [0, 0.05) is 12.8 Å². The van der Waals surface area contributed by atoms with Crippen molar-refractivity contribution in [3.63, 3.8) is 0 Å². The lowest BCUT2D eigenvalue weighted by atomic mass is 10.0. The van der Waals surface area contributed by atoms with E-state index in [-0.39, 0.29) is 25.6 Å². The molecule has 0 heterocycles. The van der Waals surface area contributed by atoms with Crippen LogP contribution in [-0.4, -0.2) is 74.9 Å². The molecule has 0 bridgehead atoms. The number of carbonyl (C=O) groups excluding carboxylic acids is 2. The molecule has 0 radical (unpaired) electrons. The molecule has 0 aromatic carbocycles. The standard InChI is InChI=1S/C92H170NO8P/c1-6-8-10-12-14-16-18-20-22-24-26-28-30-32-34-36-38-40-42-44-46-48-50-52-54-56-58-60-62-64-66-68-70-72-74-76-78-80-82-84-91(94)98-88-90(89-100-102(96,97)99-87-86-93(3,4)5)101-92(95)85-83-81-79-77-75-73-71-69-67-65-63-61-59-57-55-53-51-49-47-45-43-41-39-37-35-33-31-29-27-25-23-21-19-17-15-13-11-9-7-2/h9,11,15,17-18,20-21,23-24,26-27,29,33,35,90H,6-8,10,12-14,16,19,22,25,28,30-32,34,36-89H2,1-5H3/p+1/b11-9-,17-15-,20-18-,23-21-,26-24-,29-27-,35-33-. The van der Waals surface area contributed by atoms with E-state index >= 15 is 0 Å². The van der Waals surface area contributed by atoms with Crippen molar-refractivity contribution in [3.05, 3.63) is 85.1 Å². The number of phosphoric ester groups is 1. The van der Waals surface area contributed by atoms with Gasteiger partial charge in [0.1, 0.15) is 19.8 Å². The number of ether oxygens (including phenoxy) is 2. The van der Waals surface area contributed by atoms with Gasteiger partial charge in [0.15, 0.2) is 6.10 Å². The van der Waals surface area contributed by atoms with E-state index in [0.29, 0.717) is 23.9 Å². The second kappa shape index (κ2) is 82.3. The minimum atomic E-state index is -4.40. The monoisotopic (exact) mass is 1450 g/mol. The smallest absolute Gasteiger partial charge is 0.462 e. The van der Waals surface area contributed by atoms with Gasteiger partial charge in [0.05, 0.1) is 27.7 Å². The van der Waals surface area contributed by atoms with Crippen LogP contribution in [0.5, 0.6) is 0 Å². The third-order valence-electron chi connectivity index (χ3n) is 19.9. The number of quaternary nitrogens is 1. The predicted molar refractivity (Wildman–Crippen MR) is 446 cm³/mol. The van der Waals surface area contributed by atoms with Gasteiger partial charge < -0.3 is 18.9 Å². The summed E-state index contributed by atoms with van der Waals surface area (Å²) in [5, 5.41) is 0. The second-order valence-corrected chi connectivity index (χ2v) is 32.7. The average molecular weight is 1450 g/mol. The van der Waals surface area contributed by atoms with Crippen LogP contribution in [0, 0.1) is 0 Å². The Kier molecular flexibility index (Phi) is 80.0. The van der Waals surface area contributed by atoms with Gasteiger partial charge in [-0.3, -0.25) is 18.6 Å². The number of esters is 2. The molecule has 0 fully saturated rings. The number of carbonyl (C=O) groups is 2. The van der Waals surface area contributed by atoms with Crippen molar-refractivity contribution in [2.45, 2.75) is 444 Å². The Balaban J connectivity index is 3.86. The normalized spacial score (nSPS) is 13.4. The fourth-order valence-electron chi connectivity index (χ4n) is 13.2. The Morgan fingerprint density at radius 3 is 0.833 bits per heavy atom.